The summed E-state index contributed by atoms with van der Waals surface area (Å²) in [6.45, 7) is 6.18. The van der Waals surface area contributed by atoms with Crippen LogP contribution in [0.2, 0.25) is 0 Å². The smallest absolute Gasteiger partial charge is 0.306 e. The third-order valence-corrected chi connectivity index (χ3v) is 9.34. The predicted molar refractivity (Wildman–Crippen MR) is 113 cm³/mol. The molecule has 0 heterocycles. The van der Waals surface area contributed by atoms with Gasteiger partial charge in [0.1, 0.15) is 11.9 Å². The van der Waals surface area contributed by atoms with Gasteiger partial charge in [-0.3, -0.25) is 19.2 Å². The van der Waals surface area contributed by atoms with Gasteiger partial charge in [0.25, 0.3) is 0 Å². The van der Waals surface area contributed by atoms with Crippen LogP contribution >= 0.6 is 0 Å². The maximum atomic E-state index is 12.4. The normalized spacial score (nSPS) is 41.5. The van der Waals surface area contributed by atoms with Gasteiger partial charge in [-0.05, 0) is 74.7 Å². The largest absolute Gasteiger partial charge is 0.481 e. The van der Waals surface area contributed by atoms with Gasteiger partial charge in [0.15, 0.2) is 5.78 Å². The number of esters is 1. The summed E-state index contributed by atoms with van der Waals surface area (Å²) in [5.41, 5.74) is 0.736. The quantitative estimate of drug-likeness (QED) is 0.659. The van der Waals surface area contributed by atoms with Crippen LogP contribution in [0.15, 0.2) is 11.6 Å². The summed E-state index contributed by atoms with van der Waals surface area (Å²) < 4.78 is 5.81. The highest BCUT2D eigenvalue weighted by Gasteiger charge is 2.62. The standard InChI is InChI=1S/C25H34O6/c1-14(26)18-6-7-19-17-5-4-15-12-16(27)13-21(31-23(30)9-8-22(28)29)25(15,3)20(17)10-11-24(18,19)2/h12,17-21H,4-11,13H2,1-3H3,(H,28,29)/t17-,18+,19-,20-,21?,24+,25-/m0/s1. The number of rotatable bonds is 5. The van der Waals surface area contributed by atoms with Crippen molar-refractivity contribution < 1.29 is 29.0 Å². The minimum Gasteiger partial charge on any atom is -0.481 e. The van der Waals surface area contributed by atoms with Gasteiger partial charge in [-0.2, -0.15) is 0 Å². The van der Waals surface area contributed by atoms with Crippen molar-refractivity contribution in [3.8, 4) is 0 Å². The molecule has 0 saturated heterocycles. The molecule has 31 heavy (non-hydrogen) atoms. The second-order valence-corrected chi connectivity index (χ2v) is 10.7. The Morgan fingerprint density at radius 1 is 1.10 bits per heavy atom. The molecule has 0 bridgehead atoms. The van der Waals surface area contributed by atoms with Crippen molar-refractivity contribution in [3.05, 3.63) is 11.6 Å². The molecule has 0 aromatic rings. The minimum atomic E-state index is -1.03. The van der Waals surface area contributed by atoms with Crippen molar-refractivity contribution >= 4 is 23.5 Å². The Morgan fingerprint density at radius 2 is 1.84 bits per heavy atom. The van der Waals surface area contributed by atoms with E-state index in [1.54, 1.807) is 13.0 Å². The van der Waals surface area contributed by atoms with Crippen molar-refractivity contribution in [2.45, 2.75) is 84.7 Å². The summed E-state index contributed by atoms with van der Waals surface area (Å²) in [6.07, 6.45) is 6.79. The molecule has 0 aliphatic heterocycles. The highest BCUT2D eigenvalue weighted by Crippen LogP contribution is 2.66. The maximum Gasteiger partial charge on any atom is 0.306 e. The Bertz CT molecular complexity index is 843. The van der Waals surface area contributed by atoms with Crippen LogP contribution in [0.5, 0.6) is 0 Å². The number of aliphatic carboxylic acids is 1. The van der Waals surface area contributed by atoms with Crippen molar-refractivity contribution in [1.29, 1.82) is 0 Å². The summed E-state index contributed by atoms with van der Waals surface area (Å²) in [4.78, 5) is 48.0. The molecule has 170 valence electrons. The van der Waals surface area contributed by atoms with Gasteiger partial charge in [0.05, 0.1) is 12.8 Å². The summed E-state index contributed by atoms with van der Waals surface area (Å²) in [5, 5.41) is 8.88. The zero-order valence-corrected chi connectivity index (χ0v) is 18.8. The average Bonchev–Trinajstić information content (AvgIpc) is 3.05. The van der Waals surface area contributed by atoms with Crippen LogP contribution in [0.25, 0.3) is 0 Å². The molecular formula is C25H34O6. The van der Waals surface area contributed by atoms with Crippen molar-refractivity contribution in [2.75, 3.05) is 0 Å². The second kappa shape index (κ2) is 7.86. The van der Waals surface area contributed by atoms with Crippen LogP contribution in [-0.4, -0.2) is 34.7 Å². The Balaban J connectivity index is 1.61. The van der Waals surface area contributed by atoms with Crippen molar-refractivity contribution in [2.24, 2.45) is 34.5 Å². The van der Waals surface area contributed by atoms with E-state index in [2.05, 4.69) is 13.8 Å². The lowest BCUT2D eigenvalue weighted by atomic mass is 9.46. The number of fused-ring (bicyclic) bond motifs is 5. The van der Waals surface area contributed by atoms with Gasteiger partial charge in [0, 0.05) is 17.8 Å². The summed E-state index contributed by atoms with van der Waals surface area (Å²) in [6, 6.07) is 0. The van der Waals surface area contributed by atoms with Crippen LogP contribution in [-0.2, 0) is 23.9 Å². The SMILES string of the molecule is CC(=O)[C@H]1CC[C@H]2[C@@H]3CCC4=CC(=O)CC(OC(=O)CCC(=O)O)[C@]4(C)[C@H]3CC[C@]12C. The Labute approximate surface area is 183 Å². The molecule has 6 heteroatoms. The highest BCUT2D eigenvalue weighted by molar-refractivity contribution is 5.92. The fraction of sp³-hybridized carbons (Fsp3) is 0.760. The number of carbonyl (C=O) groups excluding carboxylic acids is 3. The van der Waals surface area contributed by atoms with Gasteiger partial charge in [-0.15, -0.1) is 0 Å². The summed E-state index contributed by atoms with van der Waals surface area (Å²) in [7, 11) is 0. The molecule has 1 N–H and O–H groups in total. The minimum absolute atomic E-state index is 0.0138. The van der Waals surface area contributed by atoms with Crippen LogP contribution in [0.1, 0.15) is 78.6 Å². The summed E-state index contributed by atoms with van der Waals surface area (Å²) in [5.74, 6) is 0.109. The number of carbonyl (C=O) groups is 4. The monoisotopic (exact) mass is 430 g/mol. The van der Waals surface area contributed by atoms with Gasteiger partial charge < -0.3 is 9.84 Å². The zero-order chi connectivity index (χ0) is 22.6. The molecule has 0 aromatic heterocycles. The van der Waals surface area contributed by atoms with E-state index in [1.807, 2.05) is 0 Å². The van der Waals surface area contributed by atoms with E-state index < -0.39 is 23.5 Å². The lowest BCUT2D eigenvalue weighted by Crippen LogP contribution is -2.56. The lowest BCUT2D eigenvalue weighted by Gasteiger charge is -2.59. The molecule has 3 fully saturated rings. The van der Waals surface area contributed by atoms with E-state index in [1.165, 1.54) is 0 Å². The van der Waals surface area contributed by atoms with E-state index in [9.17, 15) is 19.2 Å². The number of hydrogen-bond donors (Lipinski definition) is 1. The first-order valence-electron chi connectivity index (χ1n) is 11.7. The van der Waals surface area contributed by atoms with Crippen molar-refractivity contribution in [1.82, 2.24) is 0 Å². The lowest BCUT2D eigenvalue weighted by molar-refractivity contribution is -0.167. The van der Waals surface area contributed by atoms with E-state index >= 15 is 0 Å². The highest BCUT2D eigenvalue weighted by atomic mass is 16.5. The first kappa shape index (κ1) is 22.2. The van der Waals surface area contributed by atoms with Gasteiger partial charge in [-0.25, -0.2) is 0 Å². The average molecular weight is 431 g/mol. The number of Topliss-reactive ketones (excluding diaryl/α,β-unsaturated/α-hetero) is 1. The Morgan fingerprint density at radius 3 is 2.52 bits per heavy atom. The Kier molecular flexibility index (Phi) is 5.63. The molecule has 4 aliphatic rings. The third kappa shape index (κ3) is 3.56. The number of carboxylic acids is 1. The summed E-state index contributed by atoms with van der Waals surface area (Å²) >= 11 is 0. The molecule has 4 rings (SSSR count). The van der Waals surface area contributed by atoms with Gasteiger partial charge >= 0.3 is 11.9 Å². The molecule has 0 spiro atoms. The molecular weight excluding hydrogens is 396 g/mol. The van der Waals surface area contributed by atoms with E-state index in [0.717, 1.165) is 44.1 Å². The first-order chi connectivity index (χ1) is 14.6. The number of hydrogen-bond acceptors (Lipinski definition) is 5. The number of ether oxygens (including phenoxy) is 1. The predicted octanol–water partition coefficient (Wildman–Crippen LogP) is 4.11. The maximum absolute atomic E-state index is 12.4. The van der Waals surface area contributed by atoms with Gasteiger partial charge in [0.2, 0.25) is 0 Å². The first-order valence-corrected chi connectivity index (χ1v) is 11.7. The molecule has 1 unspecified atom stereocenters. The van der Waals surface area contributed by atoms with E-state index in [0.29, 0.717) is 23.5 Å². The zero-order valence-electron chi connectivity index (χ0n) is 18.8. The van der Waals surface area contributed by atoms with E-state index in [4.69, 9.17) is 9.84 Å². The molecule has 6 nitrogen and oxygen atoms in total. The molecule has 4 aliphatic carbocycles. The molecule has 3 saturated carbocycles. The fourth-order valence-electron chi connectivity index (χ4n) is 7.84. The molecule has 0 aromatic carbocycles. The topological polar surface area (TPSA) is 97.7 Å². The fourth-order valence-corrected chi connectivity index (χ4v) is 7.84. The molecule has 0 amide bonds. The van der Waals surface area contributed by atoms with Crippen LogP contribution in [0, 0.1) is 34.5 Å². The Hall–Kier alpha value is -1.98. The van der Waals surface area contributed by atoms with Crippen LogP contribution in [0.3, 0.4) is 0 Å². The van der Waals surface area contributed by atoms with Gasteiger partial charge in [-0.1, -0.05) is 19.4 Å². The number of ketones is 2. The third-order valence-electron chi connectivity index (χ3n) is 9.34. The molecule has 0 radical (unpaired) electrons. The molecule has 7 atom stereocenters. The number of carboxylic acid groups (broad SMARTS) is 1. The second-order valence-electron chi connectivity index (χ2n) is 10.7. The van der Waals surface area contributed by atoms with E-state index in [-0.39, 0.29) is 36.4 Å². The van der Waals surface area contributed by atoms with Crippen LogP contribution in [0.4, 0.5) is 0 Å². The van der Waals surface area contributed by atoms with Crippen molar-refractivity contribution in [3.63, 3.8) is 0 Å². The van der Waals surface area contributed by atoms with Crippen LogP contribution < -0.4 is 0 Å².